The monoisotopic (exact) mass is 839 g/mol. The van der Waals surface area contributed by atoms with Crippen LogP contribution in [0.4, 0.5) is 0 Å². The molecule has 316 valence electrons. The van der Waals surface area contributed by atoms with Crippen LogP contribution in [0.1, 0.15) is 68.2 Å². The molecular weight excluding hydrogens is 779 g/mol. The van der Waals surface area contributed by atoms with E-state index in [-0.39, 0.29) is 41.8 Å². The van der Waals surface area contributed by atoms with Gasteiger partial charge in [-0.1, -0.05) is 108 Å². The minimum Gasteiger partial charge on any atom is -0.504 e. The lowest BCUT2D eigenvalue weighted by molar-refractivity contribution is -0.0214. The number of nitrogens with two attached hydrogens (primary N) is 1. The van der Waals surface area contributed by atoms with Crippen LogP contribution >= 0.6 is 21.6 Å². The number of aliphatic hydroxyl groups is 4. The summed E-state index contributed by atoms with van der Waals surface area (Å²) in [5.74, 6) is 8.22. The number of fused-ring (bicyclic) bond motifs is 2. The van der Waals surface area contributed by atoms with Gasteiger partial charge in [0.2, 0.25) is 0 Å². The Kier molecular flexibility index (Phi) is 15.2. The van der Waals surface area contributed by atoms with Crippen molar-refractivity contribution in [1.29, 1.82) is 0 Å². The largest absolute Gasteiger partial charge is 0.504 e. The summed E-state index contributed by atoms with van der Waals surface area (Å²) in [4.78, 5) is 3.34. The van der Waals surface area contributed by atoms with Gasteiger partial charge >= 0.3 is 0 Å². The van der Waals surface area contributed by atoms with Crippen LogP contribution in [0.3, 0.4) is 0 Å². The molecular formula is C48H61N3O6S2. The Labute approximate surface area is 357 Å². The molecule has 9 N–H and O–H groups in total. The van der Waals surface area contributed by atoms with Gasteiger partial charge in [-0.25, -0.2) is 0 Å². The number of hydrogen-bond donors (Lipinski definition) is 8. The first kappa shape index (κ1) is 43.3. The third-order valence-corrected chi connectivity index (χ3v) is 15.3. The van der Waals surface area contributed by atoms with Gasteiger partial charge in [-0.3, -0.25) is 0 Å². The lowest BCUT2D eigenvalue weighted by atomic mass is 9.78. The molecule has 2 aliphatic carbocycles. The van der Waals surface area contributed by atoms with Crippen LogP contribution in [0.2, 0.25) is 0 Å². The average molecular weight is 840 g/mol. The zero-order valence-corrected chi connectivity index (χ0v) is 35.6. The lowest BCUT2D eigenvalue weighted by Crippen LogP contribution is -2.42. The molecule has 11 atom stereocenters. The molecule has 2 aliphatic heterocycles. The van der Waals surface area contributed by atoms with Crippen molar-refractivity contribution in [3.63, 3.8) is 0 Å². The number of aromatic nitrogens is 1. The van der Waals surface area contributed by atoms with Gasteiger partial charge in [0.1, 0.15) is 11.9 Å². The van der Waals surface area contributed by atoms with E-state index >= 15 is 0 Å². The summed E-state index contributed by atoms with van der Waals surface area (Å²) in [5, 5.41) is 60.4. The zero-order chi connectivity index (χ0) is 41.3. The van der Waals surface area contributed by atoms with E-state index in [1.165, 1.54) is 5.56 Å². The van der Waals surface area contributed by atoms with Crippen molar-refractivity contribution in [2.75, 3.05) is 24.7 Å². The van der Waals surface area contributed by atoms with Crippen molar-refractivity contribution in [2.45, 2.75) is 88.6 Å². The van der Waals surface area contributed by atoms with Crippen molar-refractivity contribution >= 4 is 21.6 Å². The molecule has 3 aromatic rings. The Bertz CT molecular complexity index is 1980. The highest BCUT2D eigenvalue weighted by atomic mass is 33.1. The fraction of sp³-hybridized carbons (Fsp3) is 0.500. The molecule has 0 bridgehead atoms. The van der Waals surface area contributed by atoms with E-state index in [2.05, 4.69) is 77.6 Å². The number of allylic oxidation sites excluding steroid dienone is 3. The molecule has 1 saturated heterocycles. The van der Waals surface area contributed by atoms with Gasteiger partial charge in [-0.15, -0.1) is 0 Å². The van der Waals surface area contributed by atoms with Crippen LogP contribution in [-0.4, -0.2) is 79.6 Å². The molecule has 0 saturated carbocycles. The molecule has 0 unspecified atom stereocenters. The van der Waals surface area contributed by atoms with E-state index in [0.29, 0.717) is 55.5 Å². The number of hydrogen-bond acceptors (Lipinski definition) is 10. The summed E-state index contributed by atoms with van der Waals surface area (Å²) in [7, 11) is 3.25. The number of dihydropyridines is 1. The smallest absolute Gasteiger partial charge is 0.161 e. The van der Waals surface area contributed by atoms with E-state index in [9.17, 15) is 25.5 Å². The van der Waals surface area contributed by atoms with E-state index < -0.39 is 36.3 Å². The summed E-state index contributed by atoms with van der Waals surface area (Å²) < 4.78 is 6.72. The minimum absolute atomic E-state index is 0.0585. The number of phenolic OH excluding ortho intramolecular Hbond substituents is 1. The van der Waals surface area contributed by atoms with E-state index in [1.807, 2.05) is 30.5 Å². The Morgan fingerprint density at radius 2 is 1.78 bits per heavy atom. The molecule has 2 aromatic carbocycles. The van der Waals surface area contributed by atoms with Crippen LogP contribution in [-0.2, 0) is 12.8 Å². The molecule has 3 heterocycles. The first-order valence-corrected chi connectivity index (χ1v) is 23.8. The number of aliphatic hydroxyl groups excluding tert-OH is 4. The van der Waals surface area contributed by atoms with Crippen LogP contribution in [0, 0.1) is 47.3 Å². The van der Waals surface area contributed by atoms with Gasteiger partial charge in [-0.2, -0.15) is 0 Å². The lowest BCUT2D eigenvalue weighted by Gasteiger charge is -2.33. The highest BCUT2D eigenvalue weighted by Gasteiger charge is 2.38. The normalized spacial score (nSPS) is 31.1. The fourth-order valence-electron chi connectivity index (χ4n) is 9.41. The number of aromatic amines is 1. The van der Waals surface area contributed by atoms with Gasteiger partial charge in [0.15, 0.2) is 11.5 Å². The molecule has 1 aromatic heterocycles. The van der Waals surface area contributed by atoms with Gasteiger partial charge in [-0.05, 0) is 91.3 Å². The maximum absolute atomic E-state index is 12.0. The SMILES string of the molecule is C[C@H](Cc1ccccc1)[C@H]1C#C[C@@H]2C=C[C@@H](c3ccc(O)c(O[C@@H]4C[C@H](Cc5ccc[nH]5)C5=CCNC(N)=C5CSSC[C@H](CO)[C@H]4O)c3)C[C@@H](O)[C@H]2[C@@H](O)CCCC1. The second-order valence-corrected chi connectivity index (χ2v) is 19.4. The van der Waals surface area contributed by atoms with Gasteiger partial charge in [0, 0.05) is 71.7 Å². The summed E-state index contributed by atoms with van der Waals surface area (Å²) >= 11 is 0. The van der Waals surface area contributed by atoms with Crippen molar-refractivity contribution < 1.29 is 30.3 Å². The van der Waals surface area contributed by atoms with Crippen LogP contribution in [0.15, 0.2) is 102 Å². The van der Waals surface area contributed by atoms with E-state index in [4.69, 9.17) is 10.5 Å². The second-order valence-electron chi connectivity index (χ2n) is 16.9. The van der Waals surface area contributed by atoms with E-state index in [1.54, 1.807) is 27.7 Å². The molecule has 0 radical (unpaired) electrons. The first-order valence-electron chi connectivity index (χ1n) is 21.4. The van der Waals surface area contributed by atoms with Crippen molar-refractivity contribution in [2.24, 2.45) is 41.2 Å². The highest BCUT2D eigenvalue weighted by Crippen LogP contribution is 2.42. The molecule has 4 aliphatic rings. The van der Waals surface area contributed by atoms with Gasteiger partial charge < -0.3 is 46.3 Å². The predicted molar refractivity (Wildman–Crippen MR) is 238 cm³/mol. The van der Waals surface area contributed by atoms with E-state index in [0.717, 1.165) is 48.1 Å². The topological polar surface area (TPSA) is 164 Å². The molecule has 9 nitrogen and oxygen atoms in total. The van der Waals surface area contributed by atoms with Crippen LogP contribution < -0.4 is 15.8 Å². The highest BCUT2D eigenvalue weighted by molar-refractivity contribution is 8.76. The van der Waals surface area contributed by atoms with Crippen molar-refractivity contribution in [3.05, 3.63) is 119 Å². The number of aromatic hydroxyl groups is 1. The standard InChI is InChI=1S/C48H61N3O6S2/c1-30(22-31-8-3-2-4-9-31)32-10-5-6-12-42(54)46-33(14-13-32)15-16-34(24-43(46)55)35-17-18-41(53)44(25-35)57-45-26-36(23-38-11-7-20-50-38)39-19-21-51-48(49)40(39)29-59-58-28-37(27-52)47(45)56/h2-4,7-9,11,15-20,25,30,32-34,36-37,42-43,45-47,50-56H,5-6,10,12,21-24,26-29,49H2,1H3/t30-,32-,33-,34-,36+,37+,42+,43-,45-,46-,47-/m1/s1. The van der Waals surface area contributed by atoms with Gasteiger partial charge in [0.25, 0.3) is 0 Å². The van der Waals surface area contributed by atoms with Crippen LogP contribution in [0.25, 0.3) is 0 Å². The molecule has 1 fully saturated rings. The quantitative estimate of drug-likeness (QED) is 0.0650. The fourth-order valence-corrected chi connectivity index (χ4v) is 11.9. The Morgan fingerprint density at radius 1 is 0.949 bits per heavy atom. The third kappa shape index (κ3) is 11.0. The summed E-state index contributed by atoms with van der Waals surface area (Å²) in [6, 6.07) is 19.9. The molecule has 11 heteroatoms. The Balaban J connectivity index is 1.16. The third-order valence-electron chi connectivity index (χ3n) is 12.9. The molecule has 0 spiro atoms. The predicted octanol–water partition coefficient (Wildman–Crippen LogP) is 6.85. The number of phenols is 1. The number of nitrogens with one attached hydrogen (secondary N) is 2. The van der Waals surface area contributed by atoms with Crippen LogP contribution in [0.5, 0.6) is 11.5 Å². The minimum atomic E-state index is -1.03. The maximum atomic E-state index is 12.0. The Morgan fingerprint density at radius 3 is 2.58 bits per heavy atom. The second kappa shape index (κ2) is 20.7. The number of ether oxygens (including phenoxy) is 1. The maximum Gasteiger partial charge on any atom is 0.161 e. The molecule has 7 rings (SSSR count). The first-order chi connectivity index (χ1) is 28.7. The number of rotatable bonds is 9. The van der Waals surface area contributed by atoms with Crippen molar-refractivity contribution in [1.82, 2.24) is 10.3 Å². The number of H-pyrrole nitrogens is 1. The number of benzene rings is 2. The van der Waals surface area contributed by atoms with Gasteiger partial charge in [0.05, 0.1) is 18.3 Å². The average Bonchev–Trinajstić information content (AvgIpc) is 3.68. The summed E-state index contributed by atoms with van der Waals surface area (Å²) in [6.45, 7) is 2.66. The molecule has 0 amide bonds. The molecule has 59 heavy (non-hydrogen) atoms. The zero-order valence-electron chi connectivity index (χ0n) is 34.0. The van der Waals surface area contributed by atoms with Crippen molar-refractivity contribution in [3.8, 4) is 23.3 Å². The summed E-state index contributed by atoms with van der Waals surface area (Å²) in [5.41, 5.74) is 11.9. The summed E-state index contributed by atoms with van der Waals surface area (Å²) in [6.07, 6.45) is 10.8. The Hall–Kier alpha value is -3.76.